The second-order valence-electron chi connectivity index (χ2n) is 4.50. The summed E-state index contributed by atoms with van der Waals surface area (Å²) in [6.07, 6.45) is 0. The molecular weight excluding hydrogens is 322 g/mol. The molecule has 2 aromatic rings. The van der Waals surface area contributed by atoms with Crippen LogP contribution in [0.5, 0.6) is 11.5 Å². The molecule has 4 nitrogen and oxygen atoms in total. The summed E-state index contributed by atoms with van der Waals surface area (Å²) >= 11 is 3.49. The minimum absolute atomic E-state index is 0.0352. The van der Waals surface area contributed by atoms with E-state index in [1.54, 1.807) is 12.1 Å². The van der Waals surface area contributed by atoms with Crippen molar-refractivity contribution in [1.29, 1.82) is 0 Å². The average molecular weight is 336 g/mol. The third-order valence-electron chi connectivity index (χ3n) is 2.93. The summed E-state index contributed by atoms with van der Waals surface area (Å²) in [7, 11) is 0. The van der Waals surface area contributed by atoms with E-state index in [0.717, 1.165) is 15.6 Å². The first-order chi connectivity index (χ1) is 9.40. The van der Waals surface area contributed by atoms with Crippen LogP contribution in [0.3, 0.4) is 0 Å². The number of rotatable bonds is 3. The smallest absolute Gasteiger partial charge is 0.337 e. The Balaban J connectivity index is 2.40. The lowest BCUT2D eigenvalue weighted by Gasteiger charge is -2.12. The molecule has 0 radical (unpaired) electrons. The second-order valence-corrected chi connectivity index (χ2v) is 5.29. The molecule has 0 aliphatic carbocycles. The van der Waals surface area contributed by atoms with E-state index < -0.39 is 5.97 Å². The van der Waals surface area contributed by atoms with Crippen LogP contribution >= 0.6 is 15.9 Å². The van der Waals surface area contributed by atoms with Gasteiger partial charge in [-0.1, -0.05) is 22.0 Å². The number of halogens is 1. The predicted molar refractivity (Wildman–Crippen MR) is 81.5 cm³/mol. The third-order valence-corrected chi connectivity index (χ3v) is 4.19. The van der Waals surface area contributed by atoms with Gasteiger partial charge in [0, 0.05) is 4.47 Å². The highest BCUT2D eigenvalue weighted by atomic mass is 79.9. The van der Waals surface area contributed by atoms with Crippen LogP contribution in [0.15, 0.2) is 34.8 Å². The van der Waals surface area contributed by atoms with E-state index in [1.165, 1.54) is 6.07 Å². The fraction of sp³-hybridized carbons (Fsp3) is 0.133. The molecule has 0 amide bonds. The minimum atomic E-state index is -1.07. The van der Waals surface area contributed by atoms with Crippen LogP contribution < -0.4 is 10.5 Å². The summed E-state index contributed by atoms with van der Waals surface area (Å²) in [4.78, 5) is 11.0. The van der Waals surface area contributed by atoms with E-state index in [-0.39, 0.29) is 11.3 Å². The topological polar surface area (TPSA) is 72.5 Å². The molecule has 0 spiro atoms. The molecule has 0 saturated carbocycles. The van der Waals surface area contributed by atoms with Crippen molar-refractivity contribution in [3.63, 3.8) is 0 Å². The lowest BCUT2D eigenvalue weighted by atomic mass is 10.1. The number of anilines is 1. The number of hydrogen-bond donors (Lipinski definition) is 2. The summed E-state index contributed by atoms with van der Waals surface area (Å²) in [5.74, 6) is -0.112. The van der Waals surface area contributed by atoms with Gasteiger partial charge in [0.05, 0.1) is 11.3 Å². The van der Waals surface area contributed by atoms with Crippen LogP contribution in [0.25, 0.3) is 0 Å². The van der Waals surface area contributed by atoms with E-state index in [9.17, 15) is 4.79 Å². The van der Waals surface area contributed by atoms with Crippen LogP contribution in [-0.2, 0) is 0 Å². The molecule has 0 saturated heterocycles. The van der Waals surface area contributed by atoms with E-state index in [0.29, 0.717) is 11.5 Å². The molecule has 20 heavy (non-hydrogen) atoms. The maximum absolute atomic E-state index is 11.0. The number of nitrogens with two attached hydrogens (primary N) is 1. The van der Waals surface area contributed by atoms with Gasteiger partial charge in [-0.05, 0) is 49.2 Å². The van der Waals surface area contributed by atoms with Gasteiger partial charge in [-0.15, -0.1) is 0 Å². The molecule has 0 bridgehead atoms. The van der Waals surface area contributed by atoms with Crippen molar-refractivity contribution in [1.82, 2.24) is 0 Å². The summed E-state index contributed by atoms with van der Waals surface area (Å²) < 4.78 is 6.73. The van der Waals surface area contributed by atoms with Crippen molar-refractivity contribution < 1.29 is 14.6 Å². The van der Waals surface area contributed by atoms with Gasteiger partial charge in [0.1, 0.15) is 5.75 Å². The maximum atomic E-state index is 11.0. The average Bonchev–Trinajstić information content (AvgIpc) is 2.38. The number of benzene rings is 2. The van der Waals surface area contributed by atoms with Gasteiger partial charge in [-0.2, -0.15) is 0 Å². The van der Waals surface area contributed by atoms with E-state index in [4.69, 9.17) is 15.6 Å². The second kappa shape index (κ2) is 5.54. The van der Waals surface area contributed by atoms with Crippen molar-refractivity contribution >= 4 is 27.6 Å². The van der Waals surface area contributed by atoms with Gasteiger partial charge in [0.2, 0.25) is 0 Å². The highest BCUT2D eigenvalue weighted by molar-refractivity contribution is 9.10. The van der Waals surface area contributed by atoms with Gasteiger partial charge >= 0.3 is 5.97 Å². The number of aromatic carboxylic acids is 1. The molecule has 0 aromatic heterocycles. The number of carboxylic acids is 1. The molecule has 0 unspecified atom stereocenters. The number of carbonyl (C=O) groups is 1. The van der Waals surface area contributed by atoms with Gasteiger partial charge in [-0.3, -0.25) is 0 Å². The van der Waals surface area contributed by atoms with Gasteiger partial charge in [0.25, 0.3) is 0 Å². The molecule has 2 rings (SSSR count). The summed E-state index contributed by atoms with van der Waals surface area (Å²) in [5, 5.41) is 9.04. The number of aryl methyl sites for hydroxylation is 2. The molecule has 0 heterocycles. The van der Waals surface area contributed by atoms with Crippen molar-refractivity contribution in [2.45, 2.75) is 13.8 Å². The Labute approximate surface area is 125 Å². The zero-order valence-electron chi connectivity index (χ0n) is 11.1. The predicted octanol–water partition coefficient (Wildman–Crippen LogP) is 4.14. The number of carboxylic acid groups (broad SMARTS) is 1. The third kappa shape index (κ3) is 2.77. The van der Waals surface area contributed by atoms with Crippen LogP contribution in [-0.4, -0.2) is 11.1 Å². The van der Waals surface area contributed by atoms with Crippen LogP contribution in [0.2, 0.25) is 0 Å². The SMILES string of the molecule is Cc1cc(Oc2cccc(C(=O)O)c2N)cc(C)c1Br. The molecular formula is C15H14BrNO3. The zero-order chi connectivity index (χ0) is 14.9. The number of para-hydroxylation sites is 1. The quantitative estimate of drug-likeness (QED) is 0.827. The minimum Gasteiger partial charge on any atom is -0.478 e. The standard InChI is InChI=1S/C15H14BrNO3/c1-8-6-10(7-9(2)13(8)16)20-12-5-3-4-11(14(12)17)15(18)19/h3-7H,17H2,1-2H3,(H,18,19). The number of ether oxygens (including phenoxy) is 1. The first-order valence-corrected chi connectivity index (χ1v) is 6.76. The molecule has 104 valence electrons. The van der Waals surface area contributed by atoms with Crippen LogP contribution in [0, 0.1) is 13.8 Å². The highest BCUT2D eigenvalue weighted by Gasteiger charge is 2.13. The van der Waals surface area contributed by atoms with Crippen molar-refractivity contribution in [3.05, 3.63) is 51.5 Å². The summed E-state index contributed by atoms with van der Waals surface area (Å²) in [6.45, 7) is 3.92. The van der Waals surface area contributed by atoms with Gasteiger partial charge in [0.15, 0.2) is 5.75 Å². The number of nitrogen functional groups attached to an aromatic ring is 1. The molecule has 0 aliphatic rings. The molecule has 2 aromatic carbocycles. The van der Waals surface area contributed by atoms with E-state index in [2.05, 4.69) is 15.9 Å². The first-order valence-electron chi connectivity index (χ1n) is 5.96. The Morgan fingerprint density at radius 1 is 1.25 bits per heavy atom. The maximum Gasteiger partial charge on any atom is 0.337 e. The van der Waals surface area contributed by atoms with Crippen LogP contribution in [0.4, 0.5) is 5.69 Å². The largest absolute Gasteiger partial charge is 0.478 e. The lowest BCUT2D eigenvalue weighted by molar-refractivity contribution is 0.0697. The van der Waals surface area contributed by atoms with Gasteiger partial charge in [-0.25, -0.2) is 4.79 Å². The molecule has 0 atom stereocenters. The van der Waals surface area contributed by atoms with Crippen LogP contribution in [0.1, 0.15) is 21.5 Å². The molecule has 3 N–H and O–H groups in total. The monoisotopic (exact) mass is 335 g/mol. The summed E-state index contributed by atoms with van der Waals surface area (Å²) in [5.41, 5.74) is 8.05. The van der Waals surface area contributed by atoms with Crippen molar-refractivity contribution in [2.24, 2.45) is 0 Å². The molecule has 0 aliphatic heterocycles. The Kier molecular flexibility index (Phi) is 3.99. The fourth-order valence-corrected chi connectivity index (χ4v) is 2.14. The molecule has 0 fully saturated rings. The number of hydrogen-bond acceptors (Lipinski definition) is 3. The highest BCUT2D eigenvalue weighted by Crippen LogP contribution is 2.33. The van der Waals surface area contributed by atoms with Crippen molar-refractivity contribution in [2.75, 3.05) is 5.73 Å². The summed E-state index contributed by atoms with van der Waals surface area (Å²) in [6, 6.07) is 8.43. The Hall–Kier alpha value is -2.01. The first kappa shape index (κ1) is 14.4. The Morgan fingerprint density at radius 2 is 1.85 bits per heavy atom. The fourth-order valence-electron chi connectivity index (χ4n) is 1.91. The Morgan fingerprint density at radius 3 is 2.40 bits per heavy atom. The lowest BCUT2D eigenvalue weighted by Crippen LogP contribution is -2.03. The zero-order valence-corrected chi connectivity index (χ0v) is 12.7. The van der Waals surface area contributed by atoms with E-state index >= 15 is 0 Å². The normalized spacial score (nSPS) is 10.3. The molecule has 5 heteroatoms. The Bertz CT molecular complexity index is 660. The van der Waals surface area contributed by atoms with Gasteiger partial charge < -0.3 is 15.6 Å². The van der Waals surface area contributed by atoms with Crippen molar-refractivity contribution in [3.8, 4) is 11.5 Å². The van der Waals surface area contributed by atoms with E-state index in [1.807, 2.05) is 26.0 Å².